The summed E-state index contributed by atoms with van der Waals surface area (Å²) < 4.78 is 16.2. The van der Waals surface area contributed by atoms with Gasteiger partial charge in [-0.1, -0.05) is 13.0 Å². The van der Waals surface area contributed by atoms with Gasteiger partial charge in [0.2, 0.25) is 5.95 Å². The number of H-pyrrole nitrogens is 1. The van der Waals surface area contributed by atoms with Crippen LogP contribution in [0.4, 0.5) is 4.39 Å². The van der Waals surface area contributed by atoms with Crippen LogP contribution < -0.4 is 10.9 Å². The lowest BCUT2D eigenvalue weighted by Crippen LogP contribution is -2.33. The zero-order valence-corrected chi connectivity index (χ0v) is 17.1. The van der Waals surface area contributed by atoms with Gasteiger partial charge in [-0.15, -0.1) is 0 Å². The summed E-state index contributed by atoms with van der Waals surface area (Å²) in [5.74, 6) is -0.877. The molecule has 0 radical (unpaired) electrons. The highest BCUT2D eigenvalue weighted by atomic mass is 19.1. The lowest BCUT2D eigenvalue weighted by molar-refractivity contribution is 0.0957. The van der Waals surface area contributed by atoms with Gasteiger partial charge in [0.15, 0.2) is 0 Å². The van der Waals surface area contributed by atoms with Crippen LogP contribution in [0.25, 0.3) is 5.65 Å². The summed E-state index contributed by atoms with van der Waals surface area (Å²) in [6.07, 6.45) is 4.05. The second-order valence-electron chi connectivity index (χ2n) is 7.63. The number of likely N-dealkylation sites (tertiary alicyclic amines) is 1. The number of aromatic amines is 1. The third kappa shape index (κ3) is 3.97. The van der Waals surface area contributed by atoms with Gasteiger partial charge in [-0.2, -0.15) is 9.49 Å². The van der Waals surface area contributed by atoms with Crippen LogP contribution in [0.1, 0.15) is 53.0 Å². The second-order valence-corrected chi connectivity index (χ2v) is 7.63. The quantitative estimate of drug-likeness (QED) is 0.624. The fourth-order valence-corrected chi connectivity index (χ4v) is 4.00. The third-order valence-electron chi connectivity index (χ3n) is 5.73. The number of aromatic nitrogens is 4. The molecule has 4 heterocycles. The van der Waals surface area contributed by atoms with E-state index in [1.807, 2.05) is 13.0 Å². The molecule has 0 atom stereocenters. The number of hydrogen-bond acceptors (Lipinski definition) is 5. The van der Waals surface area contributed by atoms with Gasteiger partial charge in [0.25, 0.3) is 11.5 Å². The normalized spacial score (nSPS) is 15.6. The molecule has 3 aromatic heterocycles. The van der Waals surface area contributed by atoms with Crippen LogP contribution in [0.5, 0.6) is 0 Å². The van der Waals surface area contributed by atoms with Crippen molar-refractivity contribution < 1.29 is 9.18 Å². The van der Waals surface area contributed by atoms with Crippen LogP contribution in [0.3, 0.4) is 0 Å². The maximum absolute atomic E-state index is 14.4. The predicted molar refractivity (Wildman–Crippen MR) is 110 cm³/mol. The molecule has 0 aliphatic carbocycles. The largest absolute Gasteiger partial charge is 0.354 e. The highest BCUT2D eigenvalue weighted by molar-refractivity contribution is 5.91. The van der Waals surface area contributed by atoms with E-state index in [1.165, 1.54) is 7.05 Å². The number of rotatable bonds is 5. The topological polar surface area (TPSA) is 95.4 Å². The molecule has 1 saturated heterocycles. The molecular weight excluding hydrogens is 387 g/mol. The molecule has 0 saturated carbocycles. The third-order valence-corrected chi connectivity index (χ3v) is 5.73. The Morgan fingerprint density at radius 3 is 2.77 bits per heavy atom. The Kier molecular flexibility index (Phi) is 5.63. The fourth-order valence-electron chi connectivity index (χ4n) is 4.00. The maximum Gasteiger partial charge on any atom is 0.269 e. The smallest absolute Gasteiger partial charge is 0.269 e. The average molecular weight is 412 g/mol. The van der Waals surface area contributed by atoms with Gasteiger partial charge in [0.1, 0.15) is 11.3 Å². The Bertz CT molecular complexity index is 1130. The van der Waals surface area contributed by atoms with Gasteiger partial charge in [-0.25, -0.2) is 9.50 Å². The summed E-state index contributed by atoms with van der Waals surface area (Å²) in [7, 11) is 1.50. The number of aryl methyl sites for hydroxylation is 1. The predicted octanol–water partition coefficient (Wildman–Crippen LogP) is 1.86. The van der Waals surface area contributed by atoms with Crippen molar-refractivity contribution in [1.29, 1.82) is 0 Å². The Balaban J connectivity index is 1.41. The molecule has 8 nitrogen and oxygen atoms in total. The van der Waals surface area contributed by atoms with Gasteiger partial charge < -0.3 is 10.3 Å². The summed E-state index contributed by atoms with van der Waals surface area (Å²) in [4.78, 5) is 32.6. The van der Waals surface area contributed by atoms with Crippen LogP contribution in [-0.2, 0) is 13.0 Å². The average Bonchev–Trinajstić information content (AvgIpc) is 3.14. The van der Waals surface area contributed by atoms with Crippen molar-refractivity contribution in [2.75, 3.05) is 20.1 Å². The number of hydrogen-bond donors (Lipinski definition) is 2. The number of nitrogens with one attached hydrogen (secondary N) is 2. The fraction of sp³-hybridized carbons (Fsp3) is 0.429. The van der Waals surface area contributed by atoms with E-state index in [-0.39, 0.29) is 17.2 Å². The number of piperidine rings is 1. The molecular formula is C21H25FN6O2. The van der Waals surface area contributed by atoms with E-state index in [0.717, 1.165) is 31.6 Å². The molecule has 4 rings (SSSR count). The molecule has 1 amide bonds. The molecule has 0 spiro atoms. The zero-order valence-electron chi connectivity index (χ0n) is 17.1. The monoisotopic (exact) mass is 412 g/mol. The van der Waals surface area contributed by atoms with Crippen molar-refractivity contribution in [2.45, 2.75) is 38.6 Å². The number of fused-ring (bicyclic) bond motifs is 1. The van der Waals surface area contributed by atoms with Gasteiger partial charge >= 0.3 is 0 Å². The number of carbonyl (C=O) groups excluding carboxylic acids is 1. The van der Waals surface area contributed by atoms with Crippen molar-refractivity contribution >= 4 is 11.6 Å². The summed E-state index contributed by atoms with van der Waals surface area (Å²) in [5.41, 5.74) is 2.87. The van der Waals surface area contributed by atoms with Gasteiger partial charge in [0, 0.05) is 37.0 Å². The number of amides is 1. The van der Waals surface area contributed by atoms with Crippen molar-refractivity contribution in [2.24, 2.45) is 0 Å². The van der Waals surface area contributed by atoms with Crippen LogP contribution >= 0.6 is 0 Å². The Hall–Kier alpha value is -3.07. The molecule has 1 aliphatic heterocycles. The first-order valence-electron chi connectivity index (χ1n) is 10.2. The van der Waals surface area contributed by atoms with Crippen LogP contribution in [0.2, 0.25) is 0 Å². The number of nitrogens with zero attached hydrogens (tertiary/aromatic N) is 4. The van der Waals surface area contributed by atoms with E-state index >= 15 is 0 Å². The highest BCUT2D eigenvalue weighted by Gasteiger charge is 2.24. The summed E-state index contributed by atoms with van der Waals surface area (Å²) in [5, 5.41) is 7.03. The lowest BCUT2D eigenvalue weighted by Gasteiger charge is -2.31. The summed E-state index contributed by atoms with van der Waals surface area (Å²) in [6.45, 7) is 4.24. The van der Waals surface area contributed by atoms with E-state index < -0.39 is 11.9 Å². The first-order valence-corrected chi connectivity index (χ1v) is 10.2. The van der Waals surface area contributed by atoms with Crippen LogP contribution in [-0.4, -0.2) is 50.5 Å². The second kappa shape index (κ2) is 8.35. The molecule has 0 unspecified atom stereocenters. The Morgan fingerprint density at radius 2 is 2.10 bits per heavy atom. The van der Waals surface area contributed by atoms with Crippen LogP contribution in [0, 0.1) is 5.95 Å². The Morgan fingerprint density at radius 1 is 1.33 bits per heavy atom. The minimum Gasteiger partial charge on any atom is -0.354 e. The minimum atomic E-state index is -0.564. The van der Waals surface area contributed by atoms with Gasteiger partial charge in [-0.3, -0.25) is 14.5 Å². The standard InChI is InChI=1S/C21H25FN6O2/c1-3-13-11-28-18(25-20(13)29)10-15(26-28)12-27-8-6-14(7-9-27)16-4-5-17(21(30)23-2)24-19(16)22/h4-5,10-11,14H,3,6-9,12H2,1-2H3,(H,23,30)(H,25,29). The van der Waals surface area contributed by atoms with E-state index in [1.54, 1.807) is 22.8 Å². The summed E-state index contributed by atoms with van der Waals surface area (Å²) in [6, 6.07) is 5.15. The van der Waals surface area contributed by atoms with Gasteiger partial charge in [0.05, 0.1) is 5.69 Å². The van der Waals surface area contributed by atoms with Crippen molar-refractivity contribution in [3.8, 4) is 0 Å². The highest BCUT2D eigenvalue weighted by Crippen LogP contribution is 2.30. The minimum absolute atomic E-state index is 0.0738. The first-order chi connectivity index (χ1) is 14.5. The van der Waals surface area contributed by atoms with Crippen LogP contribution in [0.15, 0.2) is 29.2 Å². The number of carbonyl (C=O) groups is 1. The molecule has 30 heavy (non-hydrogen) atoms. The van der Waals surface area contributed by atoms with Crippen molar-refractivity contribution in [1.82, 2.24) is 29.8 Å². The van der Waals surface area contributed by atoms with E-state index in [2.05, 4.69) is 25.3 Å². The Labute approximate surface area is 173 Å². The van der Waals surface area contributed by atoms with Gasteiger partial charge in [-0.05, 0) is 44.3 Å². The molecule has 0 bridgehead atoms. The number of pyridine rings is 1. The SMILES string of the molecule is CCc1cn2nc(CN3CCC(c4ccc(C(=O)NC)nc4F)CC3)cc2[nH]c1=O. The van der Waals surface area contributed by atoms with Crippen molar-refractivity contribution in [3.05, 3.63) is 63.2 Å². The van der Waals surface area contributed by atoms with E-state index in [4.69, 9.17) is 0 Å². The molecule has 1 aliphatic rings. The molecule has 2 N–H and O–H groups in total. The molecule has 3 aromatic rings. The van der Waals surface area contributed by atoms with Crippen molar-refractivity contribution in [3.63, 3.8) is 0 Å². The lowest BCUT2D eigenvalue weighted by atomic mass is 9.90. The van der Waals surface area contributed by atoms with E-state index in [0.29, 0.717) is 29.7 Å². The maximum atomic E-state index is 14.4. The summed E-state index contributed by atoms with van der Waals surface area (Å²) >= 11 is 0. The molecule has 9 heteroatoms. The van der Waals surface area contributed by atoms with E-state index in [9.17, 15) is 14.0 Å². The molecule has 158 valence electrons. The molecule has 0 aromatic carbocycles. The zero-order chi connectivity index (χ0) is 21.3. The number of halogens is 1. The first kappa shape index (κ1) is 20.2. The molecule has 1 fully saturated rings.